The van der Waals surface area contributed by atoms with Crippen LogP contribution in [0.25, 0.3) is 0 Å². The molecule has 0 amide bonds. The minimum atomic E-state index is -0.391. The summed E-state index contributed by atoms with van der Waals surface area (Å²) in [4.78, 5) is 11.6. The summed E-state index contributed by atoms with van der Waals surface area (Å²) in [5.41, 5.74) is 1.27. The Labute approximate surface area is 109 Å². The highest BCUT2D eigenvalue weighted by Gasteiger charge is 2.19. The average Bonchev–Trinajstić information content (AvgIpc) is 2.77. The summed E-state index contributed by atoms with van der Waals surface area (Å²) < 4.78 is 6.58. The molecule has 0 aliphatic carbocycles. The lowest BCUT2D eigenvalue weighted by Gasteiger charge is -2.06. The van der Waals surface area contributed by atoms with E-state index in [4.69, 9.17) is 4.74 Å². The Balaban J connectivity index is 2.71. The zero-order chi connectivity index (χ0) is 13.4. The molecule has 5 heteroatoms. The molecule has 0 radical (unpaired) electrons. The fourth-order valence-corrected chi connectivity index (χ4v) is 1.94. The molecule has 0 saturated carbocycles. The number of hydrogen-bond acceptors (Lipinski definition) is 4. The number of esters is 1. The summed E-state index contributed by atoms with van der Waals surface area (Å²) in [7, 11) is 1.37. The van der Waals surface area contributed by atoms with Gasteiger partial charge < -0.3 is 4.74 Å². The number of methoxy groups -OCH3 is 1. The first-order valence-electron chi connectivity index (χ1n) is 6.75. The summed E-state index contributed by atoms with van der Waals surface area (Å²) >= 11 is 0. The lowest BCUT2D eigenvalue weighted by Crippen LogP contribution is -2.10. The van der Waals surface area contributed by atoms with Crippen LogP contribution in [0.1, 0.15) is 62.1 Å². The van der Waals surface area contributed by atoms with Crippen LogP contribution in [0, 0.1) is 0 Å². The van der Waals surface area contributed by atoms with Crippen LogP contribution >= 0.6 is 0 Å². The molecule has 1 aromatic rings. The van der Waals surface area contributed by atoms with Crippen molar-refractivity contribution in [1.29, 1.82) is 0 Å². The number of hydrogen-bond donors (Lipinski definition) is 0. The fourth-order valence-electron chi connectivity index (χ4n) is 1.94. The van der Waals surface area contributed by atoms with Crippen molar-refractivity contribution in [3.05, 3.63) is 11.4 Å². The Hall–Kier alpha value is -1.39. The fraction of sp³-hybridized carbons (Fsp3) is 0.769. The molecular formula is C13H23N3O2. The number of rotatable bonds is 8. The van der Waals surface area contributed by atoms with E-state index in [1.165, 1.54) is 26.4 Å². The Morgan fingerprint density at radius 1 is 1.22 bits per heavy atom. The van der Waals surface area contributed by atoms with E-state index in [1.807, 2.05) is 4.68 Å². The van der Waals surface area contributed by atoms with Crippen molar-refractivity contribution in [2.45, 2.75) is 58.9 Å². The number of carbonyl (C=O) groups excluding carboxylic acids is 1. The number of unbranched alkanes of at least 4 members (excludes halogenated alkanes) is 3. The molecule has 0 saturated heterocycles. The second-order valence-electron chi connectivity index (χ2n) is 4.41. The van der Waals surface area contributed by atoms with Gasteiger partial charge in [-0.3, -0.25) is 0 Å². The van der Waals surface area contributed by atoms with Crippen LogP contribution in [0.2, 0.25) is 0 Å². The van der Waals surface area contributed by atoms with Gasteiger partial charge >= 0.3 is 5.97 Å². The first-order valence-corrected chi connectivity index (χ1v) is 6.75. The van der Waals surface area contributed by atoms with Crippen LogP contribution in [0.5, 0.6) is 0 Å². The Bertz CT molecular complexity index is 374. The maximum atomic E-state index is 11.6. The van der Waals surface area contributed by atoms with Crippen LogP contribution in [0.15, 0.2) is 0 Å². The Morgan fingerprint density at radius 2 is 2.00 bits per heavy atom. The van der Waals surface area contributed by atoms with Gasteiger partial charge in [-0.25, -0.2) is 9.48 Å². The summed E-state index contributed by atoms with van der Waals surface area (Å²) in [5, 5.41) is 8.01. The second kappa shape index (κ2) is 7.84. The molecule has 0 bridgehead atoms. The minimum absolute atomic E-state index is 0.370. The number of ether oxygens (including phenoxy) is 1. The number of nitrogens with zero attached hydrogens (tertiary/aromatic N) is 3. The lowest BCUT2D eigenvalue weighted by atomic mass is 10.2. The van der Waals surface area contributed by atoms with Gasteiger partial charge in [-0.05, 0) is 12.8 Å². The molecule has 5 nitrogen and oxygen atoms in total. The van der Waals surface area contributed by atoms with Gasteiger partial charge in [0.15, 0.2) is 5.69 Å². The first-order chi connectivity index (χ1) is 8.74. The maximum Gasteiger partial charge on any atom is 0.360 e. The van der Waals surface area contributed by atoms with Gasteiger partial charge in [0.25, 0.3) is 0 Å². The van der Waals surface area contributed by atoms with E-state index in [-0.39, 0.29) is 0 Å². The molecule has 1 aromatic heterocycles. The highest BCUT2D eigenvalue weighted by atomic mass is 16.5. The molecule has 0 aromatic carbocycles. The molecule has 18 heavy (non-hydrogen) atoms. The summed E-state index contributed by atoms with van der Waals surface area (Å²) in [6.45, 7) is 5.10. The van der Waals surface area contributed by atoms with Crippen molar-refractivity contribution in [2.75, 3.05) is 7.11 Å². The van der Waals surface area contributed by atoms with Crippen molar-refractivity contribution >= 4 is 5.97 Å². The van der Waals surface area contributed by atoms with Gasteiger partial charge in [0, 0.05) is 6.54 Å². The normalized spacial score (nSPS) is 10.6. The van der Waals surface area contributed by atoms with E-state index >= 15 is 0 Å². The highest BCUT2D eigenvalue weighted by Crippen LogP contribution is 2.11. The second-order valence-corrected chi connectivity index (χ2v) is 4.41. The average molecular weight is 253 g/mol. The van der Waals surface area contributed by atoms with Crippen molar-refractivity contribution in [2.24, 2.45) is 0 Å². The van der Waals surface area contributed by atoms with E-state index in [9.17, 15) is 4.79 Å². The predicted octanol–water partition coefficient (Wildman–Crippen LogP) is 2.60. The largest absolute Gasteiger partial charge is 0.464 e. The number of aryl methyl sites for hydroxylation is 1. The van der Waals surface area contributed by atoms with Crippen LogP contribution in [-0.4, -0.2) is 28.1 Å². The van der Waals surface area contributed by atoms with Gasteiger partial charge in [-0.1, -0.05) is 44.7 Å². The van der Waals surface area contributed by atoms with E-state index in [0.717, 1.165) is 31.5 Å². The molecule has 0 fully saturated rings. The van der Waals surface area contributed by atoms with Gasteiger partial charge in [0.1, 0.15) is 0 Å². The first kappa shape index (κ1) is 14.7. The molecule has 0 atom stereocenters. The van der Waals surface area contributed by atoms with E-state index in [1.54, 1.807) is 0 Å². The standard InChI is InChI=1S/C13H23N3O2/c1-4-6-7-8-10-16-11(9-5-2)12(14-15-16)13(17)18-3/h4-10H2,1-3H3. The SMILES string of the molecule is CCCCCCn1nnc(C(=O)OC)c1CCC. The zero-order valence-corrected chi connectivity index (χ0v) is 11.6. The van der Waals surface area contributed by atoms with Gasteiger partial charge in [-0.2, -0.15) is 0 Å². The Morgan fingerprint density at radius 3 is 2.61 bits per heavy atom. The summed E-state index contributed by atoms with van der Waals surface area (Å²) in [6.07, 6.45) is 6.50. The quantitative estimate of drug-likeness (QED) is 0.528. The smallest absolute Gasteiger partial charge is 0.360 e. The molecule has 0 aliphatic rings. The molecule has 1 heterocycles. The monoisotopic (exact) mass is 253 g/mol. The van der Waals surface area contributed by atoms with Crippen molar-refractivity contribution < 1.29 is 9.53 Å². The van der Waals surface area contributed by atoms with Gasteiger partial charge in [-0.15, -0.1) is 5.10 Å². The third-order valence-corrected chi connectivity index (χ3v) is 2.93. The van der Waals surface area contributed by atoms with Crippen LogP contribution in [-0.2, 0) is 17.7 Å². The van der Waals surface area contributed by atoms with Crippen molar-refractivity contribution in [3.63, 3.8) is 0 Å². The summed E-state index contributed by atoms with van der Waals surface area (Å²) in [6, 6.07) is 0. The molecule has 102 valence electrons. The van der Waals surface area contributed by atoms with Gasteiger partial charge in [0.2, 0.25) is 0 Å². The number of carbonyl (C=O) groups is 1. The zero-order valence-electron chi connectivity index (χ0n) is 11.6. The minimum Gasteiger partial charge on any atom is -0.464 e. The van der Waals surface area contributed by atoms with Crippen molar-refractivity contribution in [3.8, 4) is 0 Å². The third kappa shape index (κ3) is 3.82. The third-order valence-electron chi connectivity index (χ3n) is 2.93. The van der Waals surface area contributed by atoms with E-state index < -0.39 is 5.97 Å². The predicted molar refractivity (Wildman–Crippen MR) is 69.5 cm³/mol. The van der Waals surface area contributed by atoms with E-state index in [0.29, 0.717) is 5.69 Å². The molecule has 1 rings (SSSR count). The van der Waals surface area contributed by atoms with Crippen LogP contribution in [0.4, 0.5) is 0 Å². The Kier molecular flexibility index (Phi) is 6.39. The molecule has 0 unspecified atom stereocenters. The highest BCUT2D eigenvalue weighted by molar-refractivity contribution is 5.88. The maximum absolute atomic E-state index is 11.6. The van der Waals surface area contributed by atoms with Crippen molar-refractivity contribution in [1.82, 2.24) is 15.0 Å². The lowest BCUT2D eigenvalue weighted by molar-refractivity contribution is 0.0592. The molecule has 0 spiro atoms. The van der Waals surface area contributed by atoms with Crippen LogP contribution in [0.3, 0.4) is 0 Å². The number of aromatic nitrogens is 3. The topological polar surface area (TPSA) is 57.0 Å². The van der Waals surface area contributed by atoms with Gasteiger partial charge in [0.05, 0.1) is 12.8 Å². The molecule has 0 aliphatic heterocycles. The van der Waals surface area contributed by atoms with E-state index in [2.05, 4.69) is 24.2 Å². The molecular weight excluding hydrogens is 230 g/mol. The molecule has 0 N–H and O–H groups in total. The summed E-state index contributed by atoms with van der Waals surface area (Å²) in [5.74, 6) is -0.391. The van der Waals surface area contributed by atoms with Crippen LogP contribution < -0.4 is 0 Å².